The molecule has 0 atom stereocenters. The Balaban J connectivity index is 0.999. The third kappa shape index (κ3) is 16.2. The van der Waals surface area contributed by atoms with Crippen molar-refractivity contribution in [3.8, 4) is 28.7 Å². The van der Waals surface area contributed by atoms with Crippen LogP contribution in [0.25, 0.3) is 0 Å². The zero-order valence-corrected chi connectivity index (χ0v) is 39.7. The second-order valence-corrected chi connectivity index (χ2v) is 20.3. The summed E-state index contributed by atoms with van der Waals surface area (Å²) in [6, 6.07) is 40.6. The molecule has 0 fully saturated rings. The molecule has 15 heteroatoms. The summed E-state index contributed by atoms with van der Waals surface area (Å²) in [5.41, 5.74) is 3.32. The molecule has 63 heavy (non-hydrogen) atoms. The minimum absolute atomic E-state index is 0.0928. The van der Waals surface area contributed by atoms with Gasteiger partial charge in [-0.05, 0) is 127 Å². The van der Waals surface area contributed by atoms with E-state index >= 15 is 0 Å². The van der Waals surface area contributed by atoms with Gasteiger partial charge >= 0.3 is 0 Å². The summed E-state index contributed by atoms with van der Waals surface area (Å²) >= 11 is 10.4. The monoisotopic (exact) mass is 957 g/mol. The molecule has 0 saturated heterocycles. The fourth-order valence-electron chi connectivity index (χ4n) is 5.99. The molecule has 12 bridgehead atoms. The molecule has 10 aliphatic heterocycles. The van der Waals surface area contributed by atoms with Crippen LogP contribution in [-0.2, 0) is 0 Å². The Hall–Kier alpha value is -3.38. The summed E-state index contributed by atoms with van der Waals surface area (Å²) in [6.45, 7) is 2.03. The first-order valence-electron chi connectivity index (χ1n) is 20.5. The van der Waals surface area contributed by atoms with Crippen molar-refractivity contribution in [1.82, 2.24) is 14.7 Å². The molecular weight excluding hydrogens is 907 g/mol. The van der Waals surface area contributed by atoms with E-state index in [1.54, 1.807) is 70.6 Å². The van der Waals surface area contributed by atoms with Crippen LogP contribution >= 0.6 is 70.6 Å². The first-order valence-corrected chi connectivity index (χ1v) is 26.4. The van der Waals surface area contributed by atoms with Crippen molar-refractivity contribution in [2.45, 2.75) is 30.9 Å². The lowest BCUT2D eigenvalue weighted by atomic mass is 10.2. The van der Waals surface area contributed by atoms with Crippen LogP contribution < -0.4 is 14.2 Å². The number of hydrogen-bond donors (Lipinski definition) is 3. The van der Waals surface area contributed by atoms with Gasteiger partial charge in [0.05, 0.1) is 55.1 Å². The molecule has 3 N–H and O–H groups in total. The predicted octanol–water partition coefficient (Wildman–Crippen LogP) is 11.2. The standard InChI is InChI=1S/C48H51N3O6S6/c52-28-25-49-31-58-43-13-1-37(2-14-43)55-38-3-15-44(16-4-38)60-33-50(26-29-53)34-61-46-19-7-41(8-20-46)57-42-11-23-48(24-12-42)63-36-51(27-30-54)35-62-47-21-9-40(10-22-47)56-39-5-17-45(18-6-39)59-32-49/h1-10,13-24,52-54H,11,25-36H2. The first-order chi connectivity index (χ1) is 31.0. The maximum atomic E-state index is 9.78. The van der Waals surface area contributed by atoms with E-state index in [9.17, 15) is 15.3 Å². The van der Waals surface area contributed by atoms with Gasteiger partial charge in [0, 0.05) is 55.4 Å². The summed E-state index contributed by atoms with van der Waals surface area (Å²) in [5.74, 6) is 9.07. The largest absolute Gasteiger partial charge is 0.457 e. The number of rotatable bonds is 6. The molecule has 1 aliphatic carbocycles. The highest BCUT2D eigenvalue weighted by molar-refractivity contribution is 8.03. The third-order valence-corrected chi connectivity index (χ3v) is 16.0. The van der Waals surface area contributed by atoms with Gasteiger partial charge in [0.25, 0.3) is 0 Å². The van der Waals surface area contributed by atoms with Gasteiger partial charge in [0.1, 0.15) is 34.5 Å². The summed E-state index contributed by atoms with van der Waals surface area (Å²) < 4.78 is 18.5. The maximum Gasteiger partial charge on any atom is 0.150 e. The molecule has 9 nitrogen and oxygen atoms in total. The maximum absolute atomic E-state index is 9.78. The average molecular weight is 958 g/mol. The lowest BCUT2D eigenvalue weighted by Crippen LogP contribution is -2.26. The Kier molecular flexibility index (Phi) is 19.6. The summed E-state index contributed by atoms with van der Waals surface area (Å²) in [4.78, 5) is 13.5. The van der Waals surface area contributed by atoms with Gasteiger partial charge in [-0.1, -0.05) is 11.8 Å². The molecule has 5 aromatic rings. The van der Waals surface area contributed by atoms with E-state index in [1.807, 2.05) is 66.7 Å². The van der Waals surface area contributed by atoms with Gasteiger partial charge < -0.3 is 29.5 Å². The molecule has 11 aliphatic rings. The molecule has 0 saturated carbocycles. The normalized spacial score (nSPS) is 16.7. The van der Waals surface area contributed by atoms with Crippen molar-refractivity contribution in [3.63, 3.8) is 0 Å². The van der Waals surface area contributed by atoms with Gasteiger partial charge in [-0.15, -0.1) is 70.6 Å². The molecule has 0 unspecified atom stereocenters. The molecule has 10 heterocycles. The summed E-state index contributed by atoms with van der Waals surface area (Å²) in [6.07, 6.45) is 4.79. The lowest BCUT2D eigenvalue weighted by Gasteiger charge is -2.21. The molecule has 5 aromatic carbocycles. The van der Waals surface area contributed by atoms with E-state index in [0.29, 0.717) is 26.1 Å². The van der Waals surface area contributed by atoms with E-state index in [4.69, 9.17) is 14.2 Å². The molecule has 16 rings (SSSR count). The average Bonchev–Trinajstić information content (AvgIpc) is 3.32. The molecule has 0 spiro atoms. The van der Waals surface area contributed by atoms with Crippen molar-refractivity contribution in [2.24, 2.45) is 0 Å². The molecule has 0 amide bonds. The van der Waals surface area contributed by atoms with Gasteiger partial charge in [-0.25, -0.2) is 0 Å². The third-order valence-electron chi connectivity index (χ3n) is 9.43. The van der Waals surface area contributed by atoms with Crippen molar-refractivity contribution < 1.29 is 29.5 Å². The van der Waals surface area contributed by atoms with Crippen LogP contribution in [0.1, 0.15) is 6.42 Å². The number of aliphatic hydroxyl groups excluding tert-OH is 3. The van der Waals surface area contributed by atoms with E-state index in [0.717, 1.165) is 99.2 Å². The number of ether oxygens (including phenoxy) is 3. The highest BCUT2D eigenvalue weighted by Crippen LogP contribution is 2.33. The summed E-state index contributed by atoms with van der Waals surface area (Å²) in [5, 5.41) is 29.3. The quantitative estimate of drug-likeness (QED) is 0.141. The first kappa shape index (κ1) is 47.6. The van der Waals surface area contributed by atoms with Crippen LogP contribution in [0.2, 0.25) is 0 Å². The zero-order valence-electron chi connectivity index (χ0n) is 34.8. The van der Waals surface area contributed by atoms with E-state index in [1.165, 1.54) is 0 Å². The Morgan fingerprint density at radius 2 is 0.683 bits per heavy atom. The number of hydrogen-bond acceptors (Lipinski definition) is 15. The Morgan fingerprint density at radius 3 is 0.952 bits per heavy atom. The van der Waals surface area contributed by atoms with Gasteiger partial charge in [0.2, 0.25) is 0 Å². The fourth-order valence-corrected chi connectivity index (χ4v) is 11.6. The van der Waals surface area contributed by atoms with E-state index in [-0.39, 0.29) is 19.8 Å². The molecule has 330 valence electrons. The number of allylic oxidation sites excluding steroid dienone is 1. The molecule has 0 radical (unpaired) electrons. The van der Waals surface area contributed by atoms with Gasteiger partial charge in [-0.3, -0.25) is 14.7 Å². The van der Waals surface area contributed by atoms with Crippen LogP contribution in [0.15, 0.2) is 174 Å². The lowest BCUT2D eigenvalue weighted by molar-refractivity contribution is 0.234. The van der Waals surface area contributed by atoms with Gasteiger partial charge in [-0.2, -0.15) is 0 Å². The van der Waals surface area contributed by atoms with Gasteiger partial charge in [0.15, 0.2) is 0 Å². The Bertz CT molecular complexity index is 2240. The van der Waals surface area contributed by atoms with Crippen LogP contribution in [0.4, 0.5) is 0 Å². The van der Waals surface area contributed by atoms with E-state index < -0.39 is 0 Å². The highest BCUT2D eigenvalue weighted by atomic mass is 32.2. The molecular formula is C48H51N3O6S6. The van der Waals surface area contributed by atoms with Crippen LogP contribution in [0, 0.1) is 0 Å². The second-order valence-electron chi connectivity index (χ2n) is 14.2. The number of benzene rings is 5. The van der Waals surface area contributed by atoms with Crippen molar-refractivity contribution >= 4 is 70.6 Å². The SMILES string of the molecule is OCCN1CSC2=CCC(=C=C2)Oc2ccc(cc2)SCN(CCO)CSc2ccc(cc2)Oc2ccc(cc2)SCN(CCO)CSc2ccc(cc2)Oc2ccc(cc2)SC1. The second kappa shape index (κ2) is 25.9. The Morgan fingerprint density at radius 1 is 0.397 bits per heavy atom. The topological polar surface area (TPSA) is 98.1 Å². The minimum atomic E-state index is 0.0928. The van der Waals surface area contributed by atoms with Crippen LogP contribution in [0.3, 0.4) is 0 Å². The van der Waals surface area contributed by atoms with Crippen molar-refractivity contribution in [1.29, 1.82) is 0 Å². The van der Waals surface area contributed by atoms with E-state index in [2.05, 4.69) is 87.2 Å². The number of aliphatic hydroxyl groups is 3. The predicted molar refractivity (Wildman–Crippen MR) is 265 cm³/mol. The van der Waals surface area contributed by atoms with Crippen LogP contribution in [0.5, 0.6) is 28.7 Å². The number of thioether (sulfide) groups is 6. The van der Waals surface area contributed by atoms with Crippen molar-refractivity contribution in [2.75, 3.05) is 74.7 Å². The van der Waals surface area contributed by atoms with Crippen LogP contribution in [-0.4, -0.2) is 105 Å². The number of nitrogens with zero attached hydrogens (tertiary/aromatic N) is 3. The highest BCUT2D eigenvalue weighted by Gasteiger charge is 2.13. The Labute approximate surface area is 396 Å². The molecule has 0 aromatic heterocycles. The summed E-state index contributed by atoms with van der Waals surface area (Å²) in [7, 11) is 0. The fraction of sp³-hybridized carbons (Fsp3) is 0.271. The zero-order chi connectivity index (χ0) is 43.5. The minimum Gasteiger partial charge on any atom is -0.457 e. The van der Waals surface area contributed by atoms with Crippen molar-refractivity contribution in [3.05, 3.63) is 150 Å². The smallest absolute Gasteiger partial charge is 0.150 e.